The molecule has 0 unspecified atom stereocenters. The molecule has 4 heteroatoms. The third-order valence-electron chi connectivity index (χ3n) is 3.02. The fraction of sp³-hybridized carbons (Fsp3) is 0.909. The SMILES string of the molecule is CC(C)(CN)C(=O)NCC1CCSCC1. The summed E-state index contributed by atoms with van der Waals surface area (Å²) in [6.07, 6.45) is 2.46. The van der Waals surface area contributed by atoms with Crippen molar-refractivity contribution in [3.63, 3.8) is 0 Å². The zero-order chi connectivity index (χ0) is 11.3. The predicted molar refractivity (Wildman–Crippen MR) is 65.9 cm³/mol. The highest BCUT2D eigenvalue weighted by molar-refractivity contribution is 7.99. The van der Waals surface area contributed by atoms with E-state index in [4.69, 9.17) is 5.73 Å². The summed E-state index contributed by atoms with van der Waals surface area (Å²) >= 11 is 2.01. The monoisotopic (exact) mass is 230 g/mol. The van der Waals surface area contributed by atoms with E-state index in [0.717, 1.165) is 6.54 Å². The molecule has 1 aliphatic heterocycles. The van der Waals surface area contributed by atoms with E-state index >= 15 is 0 Å². The first-order valence-corrected chi connectivity index (χ1v) is 6.78. The van der Waals surface area contributed by atoms with Gasteiger partial charge in [-0.1, -0.05) is 0 Å². The van der Waals surface area contributed by atoms with E-state index in [1.807, 2.05) is 25.6 Å². The van der Waals surface area contributed by atoms with Crippen molar-refractivity contribution in [2.45, 2.75) is 26.7 Å². The molecule has 1 aliphatic rings. The van der Waals surface area contributed by atoms with Crippen LogP contribution >= 0.6 is 11.8 Å². The van der Waals surface area contributed by atoms with Crippen LogP contribution in [0.4, 0.5) is 0 Å². The van der Waals surface area contributed by atoms with Crippen molar-refractivity contribution in [3.8, 4) is 0 Å². The van der Waals surface area contributed by atoms with E-state index in [9.17, 15) is 4.79 Å². The minimum Gasteiger partial charge on any atom is -0.355 e. The fourth-order valence-corrected chi connectivity index (χ4v) is 2.72. The molecule has 0 bridgehead atoms. The summed E-state index contributed by atoms with van der Waals surface area (Å²) in [5.74, 6) is 3.23. The maximum absolute atomic E-state index is 11.7. The van der Waals surface area contributed by atoms with Gasteiger partial charge < -0.3 is 11.1 Å². The summed E-state index contributed by atoms with van der Waals surface area (Å²) in [6, 6.07) is 0. The Kier molecular flexibility index (Phi) is 4.93. The standard InChI is InChI=1S/C11H22N2OS/c1-11(2,8-12)10(14)13-7-9-3-5-15-6-4-9/h9H,3-8,12H2,1-2H3,(H,13,14). The maximum atomic E-state index is 11.7. The van der Waals surface area contributed by atoms with Gasteiger partial charge in [-0.3, -0.25) is 4.79 Å². The molecule has 1 saturated heterocycles. The fourth-order valence-electron chi connectivity index (χ4n) is 1.52. The van der Waals surface area contributed by atoms with E-state index in [1.165, 1.54) is 24.3 Å². The number of nitrogens with one attached hydrogen (secondary N) is 1. The van der Waals surface area contributed by atoms with E-state index in [0.29, 0.717) is 12.5 Å². The number of nitrogens with two attached hydrogens (primary N) is 1. The van der Waals surface area contributed by atoms with Gasteiger partial charge in [0.2, 0.25) is 5.91 Å². The lowest BCUT2D eigenvalue weighted by atomic mass is 9.92. The first kappa shape index (κ1) is 12.8. The summed E-state index contributed by atoms with van der Waals surface area (Å²) in [5.41, 5.74) is 5.12. The van der Waals surface area contributed by atoms with Gasteiger partial charge in [-0.15, -0.1) is 0 Å². The van der Waals surface area contributed by atoms with Gasteiger partial charge in [0.15, 0.2) is 0 Å². The molecule has 88 valence electrons. The highest BCUT2D eigenvalue weighted by Crippen LogP contribution is 2.22. The van der Waals surface area contributed by atoms with Crippen LogP contribution in [-0.4, -0.2) is 30.5 Å². The van der Waals surface area contributed by atoms with Crippen LogP contribution < -0.4 is 11.1 Å². The lowest BCUT2D eigenvalue weighted by Crippen LogP contribution is -2.43. The van der Waals surface area contributed by atoms with Gasteiger partial charge in [0.1, 0.15) is 0 Å². The van der Waals surface area contributed by atoms with Gasteiger partial charge in [-0.05, 0) is 44.1 Å². The number of carbonyl (C=O) groups excluding carboxylic acids is 1. The molecule has 1 fully saturated rings. The molecular weight excluding hydrogens is 208 g/mol. The molecule has 0 saturated carbocycles. The molecule has 0 aliphatic carbocycles. The van der Waals surface area contributed by atoms with E-state index in [-0.39, 0.29) is 5.91 Å². The molecular formula is C11H22N2OS. The molecule has 0 aromatic rings. The van der Waals surface area contributed by atoms with Crippen molar-refractivity contribution in [1.29, 1.82) is 0 Å². The van der Waals surface area contributed by atoms with Crippen LogP contribution in [0.2, 0.25) is 0 Å². The average Bonchev–Trinajstić information content (AvgIpc) is 2.27. The second-order valence-electron chi connectivity index (χ2n) is 4.85. The van der Waals surface area contributed by atoms with Gasteiger partial charge in [-0.25, -0.2) is 0 Å². The molecule has 15 heavy (non-hydrogen) atoms. The van der Waals surface area contributed by atoms with Crippen LogP contribution in [0, 0.1) is 11.3 Å². The van der Waals surface area contributed by atoms with Crippen LogP contribution in [0.25, 0.3) is 0 Å². The number of amides is 1. The van der Waals surface area contributed by atoms with Crippen LogP contribution in [-0.2, 0) is 4.79 Å². The van der Waals surface area contributed by atoms with Gasteiger partial charge in [0.05, 0.1) is 5.41 Å². The topological polar surface area (TPSA) is 55.1 Å². The molecule has 1 heterocycles. The van der Waals surface area contributed by atoms with Gasteiger partial charge in [-0.2, -0.15) is 11.8 Å². The van der Waals surface area contributed by atoms with Gasteiger partial charge in [0, 0.05) is 13.1 Å². The molecule has 0 radical (unpaired) electrons. The Hall–Kier alpha value is -0.220. The van der Waals surface area contributed by atoms with Crippen molar-refractivity contribution in [1.82, 2.24) is 5.32 Å². The number of rotatable bonds is 4. The molecule has 0 aromatic heterocycles. The Morgan fingerprint density at radius 1 is 1.47 bits per heavy atom. The van der Waals surface area contributed by atoms with Crippen molar-refractivity contribution in [2.75, 3.05) is 24.6 Å². The van der Waals surface area contributed by atoms with E-state index < -0.39 is 5.41 Å². The Morgan fingerprint density at radius 3 is 2.60 bits per heavy atom. The molecule has 1 amide bonds. The Bertz CT molecular complexity index is 213. The van der Waals surface area contributed by atoms with Crippen molar-refractivity contribution < 1.29 is 4.79 Å². The number of hydrogen-bond acceptors (Lipinski definition) is 3. The molecule has 0 atom stereocenters. The summed E-state index contributed by atoms with van der Waals surface area (Å²) in [7, 11) is 0. The smallest absolute Gasteiger partial charge is 0.226 e. The minimum atomic E-state index is -0.427. The van der Waals surface area contributed by atoms with Gasteiger partial charge in [0.25, 0.3) is 0 Å². The second-order valence-corrected chi connectivity index (χ2v) is 6.08. The Balaban J connectivity index is 2.26. The lowest BCUT2D eigenvalue weighted by Gasteiger charge is -2.25. The Labute approximate surface area is 96.6 Å². The first-order chi connectivity index (χ1) is 7.06. The second kappa shape index (κ2) is 5.75. The number of carbonyl (C=O) groups is 1. The lowest BCUT2D eigenvalue weighted by molar-refractivity contribution is -0.129. The number of thioether (sulfide) groups is 1. The van der Waals surface area contributed by atoms with E-state index in [1.54, 1.807) is 0 Å². The van der Waals surface area contributed by atoms with Crippen LogP contribution in [0.3, 0.4) is 0 Å². The summed E-state index contributed by atoms with van der Waals surface area (Å²) in [6.45, 7) is 5.00. The van der Waals surface area contributed by atoms with E-state index in [2.05, 4.69) is 5.32 Å². The predicted octanol–water partition coefficient (Wildman–Crippen LogP) is 1.23. The van der Waals surface area contributed by atoms with Crippen molar-refractivity contribution in [2.24, 2.45) is 17.1 Å². The number of hydrogen-bond donors (Lipinski definition) is 2. The average molecular weight is 230 g/mol. The Morgan fingerprint density at radius 2 is 2.07 bits per heavy atom. The van der Waals surface area contributed by atoms with Crippen LogP contribution in [0.1, 0.15) is 26.7 Å². The van der Waals surface area contributed by atoms with Gasteiger partial charge >= 0.3 is 0 Å². The highest BCUT2D eigenvalue weighted by atomic mass is 32.2. The molecule has 1 rings (SSSR count). The normalized spacial score (nSPS) is 18.9. The summed E-state index contributed by atoms with van der Waals surface area (Å²) in [4.78, 5) is 11.7. The largest absolute Gasteiger partial charge is 0.355 e. The molecule has 3 N–H and O–H groups in total. The molecule has 0 spiro atoms. The van der Waals surface area contributed by atoms with Crippen LogP contribution in [0.15, 0.2) is 0 Å². The minimum absolute atomic E-state index is 0.0863. The van der Waals surface area contributed by atoms with Crippen LogP contribution in [0.5, 0.6) is 0 Å². The third kappa shape index (κ3) is 4.03. The van der Waals surface area contributed by atoms with Crippen molar-refractivity contribution >= 4 is 17.7 Å². The summed E-state index contributed by atoms with van der Waals surface area (Å²) in [5, 5.41) is 3.02. The zero-order valence-corrected chi connectivity index (χ0v) is 10.5. The summed E-state index contributed by atoms with van der Waals surface area (Å²) < 4.78 is 0. The molecule has 0 aromatic carbocycles. The quantitative estimate of drug-likeness (QED) is 0.764. The van der Waals surface area contributed by atoms with Crippen molar-refractivity contribution in [3.05, 3.63) is 0 Å². The maximum Gasteiger partial charge on any atom is 0.226 e. The zero-order valence-electron chi connectivity index (χ0n) is 9.71. The molecule has 3 nitrogen and oxygen atoms in total. The first-order valence-electron chi connectivity index (χ1n) is 5.62. The highest BCUT2D eigenvalue weighted by Gasteiger charge is 2.26. The third-order valence-corrected chi connectivity index (χ3v) is 4.07.